The molecule has 120 valence electrons. The van der Waals surface area contributed by atoms with Crippen molar-refractivity contribution < 1.29 is 14.3 Å². The number of carbonyl (C=O) groups is 2. The lowest BCUT2D eigenvalue weighted by Crippen LogP contribution is -2.39. The summed E-state index contributed by atoms with van der Waals surface area (Å²) in [6.07, 6.45) is -0.450. The van der Waals surface area contributed by atoms with Gasteiger partial charge < -0.3 is 10.1 Å². The number of nitrogens with one attached hydrogen (secondary N) is 1. The van der Waals surface area contributed by atoms with Crippen LogP contribution in [-0.4, -0.2) is 17.9 Å². The van der Waals surface area contributed by atoms with Gasteiger partial charge in [0.25, 0.3) is 0 Å². The van der Waals surface area contributed by atoms with Gasteiger partial charge in [0.05, 0.1) is 6.04 Å². The van der Waals surface area contributed by atoms with E-state index in [4.69, 9.17) is 16.3 Å². The van der Waals surface area contributed by atoms with E-state index in [-0.39, 0.29) is 18.8 Å². The number of carbonyl (C=O) groups excluding carboxylic acids is 2. The minimum Gasteiger partial charge on any atom is -0.445 e. The number of benzene rings is 2. The maximum Gasteiger partial charge on any atom is 0.408 e. The molecule has 4 nitrogen and oxygen atoms in total. The molecule has 0 fully saturated rings. The Morgan fingerprint density at radius 1 is 1.09 bits per heavy atom. The van der Waals surface area contributed by atoms with E-state index in [1.807, 2.05) is 36.4 Å². The average Bonchev–Trinajstić information content (AvgIpc) is 2.56. The molecule has 0 radical (unpaired) electrons. The van der Waals surface area contributed by atoms with Crippen LogP contribution in [0.2, 0.25) is 5.02 Å². The van der Waals surface area contributed by atoms with Gasteiger partial charge in [-0.25, -0.2) is 4.79 Å². The molecule has 0 saturated carbocycles. The molecule has 0 spiro atoms. The van der Waals surface area contributed by atoms with Crippen LogP contribution in [0.1, 0.15) is 18.1 Å². The Hall–Kier alpha value is -2.33. The van der Waals surface area contributed by atoms with Crippen LogP contribution in [0.25, 0.3) is 0 Å². The van der Waals surface area contributed by atoms with Gasteiger partial charge >= 0.3 is 6.09 Å². The Morgan fingerprint density at radius 3 is 2.43 bits per heavy atom. The molecule has 2 aromatic carbocycles. The summed E-state index contributed by atoms with van der Waals surface area (Å²) in [4.78, 5) is 23.9. The third-order valence-corrected chi connectivity index (χ3v) is 3.72. The fourth-order valence-corrected chi connectivity index (χ4v) is 2.21. The van der Waals surface area contributed by atoms with Crippen molar-refractivity contribution >= 4 is 23.5 Å². The molecule has 0 unspecified atom stereocenters. The second kappa shape index (κ2) is 8.34. The van der Waals surface area contributed by atoms with Gasteiger partial charge in [-0.2, -0.15) is 0 Å². The lowest BCUT2D eigenvalue weighted by Gasteiger charge is -2.13. The van der Waals surface area contributed by atoms with Crippen LogP contribution in [0.5, 0.6) is 0 Å². The van der Waals surface area contributed by atoms with Crippen LogP contribution in [-0.2, 0) is 22.6 Å². The fourth-order valence-electron chi connectivity index (χ4n) is 2.00. The third kappa shape index (κ3) is 5.42. The van der Waals surface area contributed by atoms with Crippen molar-refractivity contribution in [3.8, 4) is 0 Å². The number of hydrogen-bond acceptors (Lipinski definition) is 3. The summed E-state index contributed by atoms with van der Waals surface area (Å²) in [7, 11) is 0. The van der Waals surface area contributed by atoms with Crippen molar-refractivity contribution in [1.82, 2.24) is 5.32 Å². The number of halogens is 1. The number of Topliss-reactive ketones (excluding diaryl/α,β-unsaturated/α-hetero) is 1. The highest BCUT2D eigenvalue weighted by atomic mass is 35.5. The quantitative estimate of drug-likeness (QED) is 0.876. The molecule has 5 heteroatoms. The summed E-state index contributed by atoms with van der Waals surface area (Å²) in [6.45, 7) is 1.79. The number of alkyl carbamates (subject to hydrolysis) is 1. The molecule has 1 atom stereocenters. The third-order valence-electron chi connectivity index (χ3n) is 3.35. The lowest BCUT2D eigenvalue weighted by atomic mass is 10.0. The Labute approximate surface area is 140 Å². The average molecular weight is 332 g/mol. The van der Waals surface area contributed by atoms with Gasteiger partial charge in [0.1, 0.15) is 6.61 Å². The van der Waals surface area contributed by atoms with Crippen LogP contribution >= 0.6 is 11.6 Å². The largest absolute Gasteiger partial charge is 0.445 e. The first-order valence-electron chi connectivity index (χ1n) is 7.29. The Kier molecular flexibility index (Phi) is 6.18. The zero-order chi connectivity index (χ0) is 16.7. The normalized spacial score (nSPS) is 11.6. The standard InChI is InChI=1S/C18H18ClNO3/c1-13(17(21)11-15-9-5-6-10-16(15)19)20-18(22)23-12-14-7-3-2-4-8-14/h2-10,13H,11-12H2,1H3,(H,20,22)/t13-/m0/s1. The van der Waals surface area contributed by atoms with E-state index in [1.165, 1.54) is 0 Å². The number of amides is 1. The number of ether oxygens (including phenoxy) is 1. The summed E-state index contributed by atoms with van der Waals surface area (Å²) >= 11 is 6.03. The first kappa shape index (κ1) is 17.0. The summed E-state index contributed by atoms with van der Waals surface area (Å²) in [5.41, 5.74) is 1.63. The van der Waals surface area contributed by atoms with E-state index < -0.39 is 12.1 Å². The molecule has 0 heterocycles. The van der Waals surface area contributed by atoms with E-state index in [2.05, 4.69) is 5.32 Å². The Bertz CT molecular complexity index is 673. The number of ketones is 1. The second-order valence-electron chi connectivity index (χ2n) is 5.16. The molecule has 23 heavy (non-hydrogen) atoms. The predicted molar refractivity (Wildman–Crippen MR) is 89.4 cm³/mol. The van der Waals surface area contributed by atoms with Crippen LogP contribution in [0.3, 0.4) is 0 Å². The summed E-state index contributed by atoms with van der Waals surface area (Å²) in [5, 5.41) is 3.08. The van der Waals surface area contributed by atoms with Crippen LogP contribution in [0, 0.1) is 0 Å². The van der Waals surface area contributed by atoms with Crippen molar-refractivity contribution in [3.05, 3.63) is 70.7 Å². The minimum atomic E-state index is -0.644. The zero-order valence-corrected chi connectivity index (χ0v) is 13.5. The first-order valence-corrected chi connectivity index (χ1v) is 7.67. The highest BCUT2D eigenvalue weighted by Crippen LogP contribution is 2.16. The van der Waals surface area contributed by atoms with Crippen LogP contribution < -0.4 is 5.32 Å². The van der Waals surface area contributed by atoms with Gasteiger partial charge in [0.2, 0.25) is 0 Å². The van der Waals surface area contributed by atoms with E-state index in [1.54, 1.807) is 25.1 Å². The maximum atomic E-state index is 12.1. The highest BCUT2D eigenvalue weighted by molar-refractivity contribution is 6.31. The zero-order valence-electron chi connectivity index (χ0n) is 12.8. The van der Waals surface area contributed by atoms with E-state index in [9.17, 15) is 9.59 Å². The highest BCUT2D eigenvalue weighted by Gasteiger charge is 2.17. The lowest BCUT2D eigenvalue weighted by molar-refractivity contribution is -0.120. The molecule has 2 rings (SSSR count). The molecule has 0 aromatic heterocycles. The Morgan fingerprint density at radius 2 is 1.74 bits per heavy atom. The summed E-state index contributed by atoms with van der Waals surface area (Å²) in [6, 6.07) is 15.8. The van der Waals surface area contributed by atoms with Gasteiger partial charge in [-0.05, 0) is 24.1 Å². The summed E-state index contributed by atoms with van der Waals surface area (Å²) in [5.74, 6) is -0.130. The van der Waals surface area contributed by atoms with Crippen LogP contribution in [0.15, 0.2) is 54.6 Å². The van der Waals surface area contributed by atoms with E-state index in [0.717, 1.165) is 11.1 Å². The maximum absolute atomic E-state index is 12.1. The first-order chi connectivity index (χ1) is 11.1. The van der Waals surface area contributed by atoms with Crippen molar-refractivity contribution in [1.29, 1.82) is 0 Å². The second-order valence-corrected chi connectivity index (χ2v) is 5.57. The fraction of sp³-hybridized carbons (Fsp3) is 0.222. The smallest absolute Gasteiger partial charge is 0.408 e. The van der Waals surface area contributed by atoms with Crippen molar-refractivity contribution in [3.63, 3.8) is 0 Å². The van der Waals surface area contributed by atoms with Gasteiger partial charge in [-0.15, -0.1) is 0 Å². The molecule has 0 aliphatic heterocycles. The minimum absolute atomic E-state index is 0.130. The molecule has 0 aliphatic carbocycles. The van der Waals surface area contributed by atoms with Crippen LogP contribution in [0.4, 0.5) is 4.79 Å². The van der Waals surface area contributed by atoms with Gasteiger partial charge in [-0.3, -0.25) is 4.79 Å². The molecule has 1 amide bonds. The monoisotopic (exact) mass is 331 g/mol. The number of rotatable bonds is 6. The molecule has 1 N–H and O–H groups in total. The molecular formula is C18H18ClNO3. The van der Waals surface area contributed by atoms with Gasteiger partial charge in [0.15, 0.2) is 5.78 Å². The summed E-state index contributed by atoms with van der Waals surface area (Å²) < 4.78 is 5.09. The van der Waals surface area contributed by atoms with Crippen molar-refractivity contribution in [2.45, 2.75) is 26.0 Å². The van der Waals surface area contributed by atoms with E-state index in [0.29, 0.717) is 5.02 Å². The van der Waals surface area contributed by atoms with Crippen molar-refractivity contribution in [2.24, 2.45) is 0 Å². The van der Waals surface area contributed by atoms with Crippen molar-refractivity contribution in [2.75, 3.05) is 0 Å². The molecule has 2 aromatic rings. The molecule has 0 saturated heterocycles. The van der Waals surface area contributed by atoms with E-state index >= 15 is 0 Å². The number of hydrogen-bond donors (Lipinski definition) is 1. The molecule has 0 aliphatic rings. The van der Waals surface area contributed by atoms with Gasteiger partial charge in [0, 0.05) is 11.4 Å². The SMILES string of the molecule is C[C@H](NC(=O)OCc1ccccc1)C(=O)Cc1ccccc1Cl. The molecule has 0 bridgehead atoms. The molecular weight excluding hydrogens is 314 g/mol. The Balaban J connectivity index is 1.81. The van der Waals surface area contributed by atoms with Gasteiger partial charge in [-0.1, -0.05) is 60.1 Å². The topological polar surface area (TPSA) is 55.4 Å². The predicted octanol–water partition coefficient (Wildman–Crippen LogP) is 3.77.